The summed E-state index contributed by atoms with van der Waals surface area (Å²) in [5.41, 5.74) is 1.38. The van der Waals surface area contributed by atoms with Gasteiger partial charge in [-0.3, -0.25) is 4.79 Å². The number of sulfonamides is 1. The summed E-state index contributed by atoms with van der Waals surface area (Å²) in [7, 11) is -3.78. The average molecular weight is 481 g/mol. The Balaban J connectivity index is 1.55. The van der Waals surface area contributed by atoms with Crippen molar-refractivity contribution in [3.05, 3.63) is 76.0 Å². The Morgan fingerprint density at radius 1 is 1.13 bits per heavy atom. The largest absolute Gasteiger partial charge is 0.321 e. The number of carbonyl (C=O) groups is 1. The molecular weight excluding hydrogens is 462 g/mol. The fraction of sp³-hybridized carbons (Fsp3) is 0.190. The van der Waals surface area contributed by atoms with Crippen LogP contribution >= 0.6 is 23.1 Å². The summed E-state index contributed by atoms with van der Waals surface area (Å²) in [6.07, 6.45) is 0.658. The molecule has 0 aliphatic carbocycles. The fourth-order valence-electron chi connectivity index (χ4n) is 3.34. The number of fused-ring (bicyclic) bond motifs is 1. The van der Waals surface area contributed by atoms with E-state index in [0.717, 1.165) is 5.56 Å². The van der Waals surface area contributed by atoms with Crippen molar-refractivity contribution in [2.24, 2.45) is 0 Å². The van der Waals surface area contributed by atoms with Crippen LogP contribution in [-0.2, 0) is 23.0 Å². The fourth-order valence-corrected chi connectivity index (χ4v) is 6.29. The van der Waals surface area contributed by atoms with Crippen molar-refractivity contribution in [3.63, 3.8) is 0 Å². The van der Waals surface area contributed by atoms with E-state index in [1.54, 1.807) is 23.5 Å². The van der Waals surface area contributed by atoms with Crippen LogP contribution in [0.25, 0.3) is 0 Å². The number of anilines is 1. The summed E-state index contributed by atoms with van der Waals surface area (Å²) in [5, 5.41) is 4.55. The molecule has 0 saturated heterocycles. The first-order chi connectivity index (χ1) is 14.8. The predicted molar refractivity (Wildman–Crippen MR) is 118 cm³/mol. The molecule has 2 heterocycles. The SMILES string of the molecule is O=C(Nc1ccccc1SC(F)F)c1cccc(S(=O)(=O)N2CCc3sccc3C2)c1. The third kappa shape index (κ3) is 4.82. The summed E-state index contributed by atoms with van der Waals surface area (Å²) in [6.45, 7) is 0.681. The van der Waals surface area contributed by atoms with Crippen molar-refractivity contribution in [1.29, 1.82) is 0 Å². The molecule has 0 spiro atoms. The number of hydrogen-bond donors (Lipinski definition) is 1. The molecule has 2 aromatic carbocycles. The number of alkyl halides is 2. The van der Waals surface area contributed by atoms with Crippen LogP contribution < -0.4 is 5.32 Å². The number of nitrogens with one attached hydrogen (secondary N) is 1. The average Bonchev–Trinajstić information content (AvgIpc) is 3.23. The highest BCUT2D eigenvalue weighted by molar-refractivity contribution is 7.99. The molecular formula is C21H18F2N2O3S3. The number of thiophene rings is 1. The predicted octanol–water partition coefficient (Wildman–Crippen LogP) is 5.06. The number of para-hydroxylation sites is 1. The maximum Gasteiger partial charge on any atom is 0.288 e. The van der Waals surface area contributed by atoms with Crippen LogP contribution in [0, 0.1) is 0 Å². The molecule has 3 aromatic rings. The number of rotatable bonds is 6. The second kappa shape index (κ2) is 9.07. The summed E-state index contributed by atoms with van der Waals surface area (Å²) in [5.74, 6) is -3.20. The first-order valence-corrected chi connectivity index (χ1v) is 12.5. The molecule has 0 radical (unpaired) electrons. The highest BCUT2D eigenvalue weighted by Gasteiger charge is 2.29. The minimum absolute atomic E-state index is 0.0223. The molecule has 5 nitrogen and oxygen atoms in total. The van der Waals surface area contributed by atoms with Crippen LogP contribution in [0.15, 0.2) is 69.8 Å². The molecule has 1 aromatic heterocycles. The van der Waals surface area contributed by atoms with Gasteiger partial charge in [-0.25, -0.2) is 8.42 Å². The van der Waals surface area contributed by atoms with Crippen molar-refractivity contribution in [3.8, 4) is 0 Å². The molecule has 10 heteroatoms. The monoisotopic (exact) mass is 480 g/mol. The van der Waals surface area contributed by atoms with Gasteiger partial charge in [0, 0.05) is 28.4 Å². The minimum Gasteiger partial charge on any atom is -0.321 e. The summed E-state index contributed by atoms with van der Waals surface area (Å²) >= 11 is 1.96. The van der Waals surface area contributed by atoms with Gasteiger partial charge in [-0.05, 0) is 53.8 Å². The zero-order chi connectivity index (χ0) is 22.0. The van der Waals surface area contributed by atoms with Gasteiger partial charge >= 0.3 is 0 Å². The Hall–Kier alpha value is -2.27. The molecule has 31 heavy (non-hydrogen) atoms. The van der Waals surface area contributed by atoms with Crippen LogP contribution in [0.3, 0.4) is 0 Å². The number of benzene rings is 2. The number of carbonyl (C=O) groups excluding carboxylic acids is 1. The minimum atomic E-state index is -3.78. The molecule has 0 unspecified atom stereocenters. The van der Waals surface area contributed by atoms with Gasteiger partial charge < -0.3 is 5.32 Å². The van der Waals surface area contributed by atoms with Gasteiger partial charge in [0.1, 0.15) is 0 Å². The van der Waals surface area contributed by atoms with Crippen LogP contribution in [0.1, 0.15) is 20.8 Å². The quantitative estimate of drug-likeness (QED) is 0.501. The lowest BCUT2D eigenvalue weighted by Crippen LogP contribution is -2.35. The van der Waals surface area contributed by atoms with Crippen LogP contribution in [0.2, 0.25) is 0 Å². The Morgan fingerprint density at radius 2 is 1.94 bits per heavy atom. The van der Waals surface area contributed by atoms with Crippen LogP contribution in [0.5, 0.6) is 0 Å². The zero-order valence-electron chi connectivity index (χ0n) is 16.1. The Labute approximate surface area is 187 Å². The van der Waals surface area contributed by atoms with Gasteiger partial charge in [-0.2, -0.15) is 13.1 Å². The second-order valence-electron chi connectivity index (χ2n) is 6.81. The van der Waals surface area contributed by atoms with E-state index in [1.807, 2.05) is 11.4 Å². The third-order valence-electron chi connectivity index (χ3n) is 4.86. The third-order valence-corrected chi connectivity index (χ3v) is 8.51. The Kier molecular flexibility index (Phi) is 6.42. The molecule has 4 rings (SSSR count). The highest BCUT2D eigenvalue weighted by Crippen LogP contribution is 2.32. The van der Waals surface area contributed by atoms with Gasteiger partial charge in [0.25, 0.3) is 11.7 Å². The lowest BCUT2D eigenvalue weighted by Gasteiger charge is -2.26. The second-order valence-corrected chi connectivity index (χ2v) is 10.8. The number of thioether (sulfide) groups is 1. The van der Waals surface area contributed by atoms with Gasteiger partial charge in [0.2, 0.25) is 10.0 Å². The van der Waals surface area contributed by atoms with Crippen molar-refractivity contribution < 1.29 is 22.0 Å². The molecule has 1 N–H and O–H groups in total. The molecule has 162 valence electrons. The normalized spacial score (nSPS) is 14.4. The standard InChI is InChI=1S/C21H18F2N2O3S3/c22-21(23)30-19-7-2-1-6-17(19)24-20(26)14-4-3-5-16(12-14)31(27,28)25-10-8-18-15(13-25)9-11-29-18/h1-7,9,11-12,21H,8,10,13H2,(H,24,26). The van der Waals surface area contributed by atoms with Gasteiger partial charge in [0.15, 0.2) is 0 Å². The van der Waals surface area contributed by atoms with E-state index in [-0.39, 0.29) is 21.0 Å². The van der Waals surface area contributed by atoms with Crippen molar-refractivity contribution >= 4 is 44.7 Å². The van der Waals surface area contributed by atoms with Gasteiger partial charge in [0.05, 0.1) is 10.6 Å². The number of hydrogen-bond acceptors (Lipinski definition) is 5. The van der Waals surface area contributed by atoms with Gasteiger partial charge in [-0.15, -0.1) is 11.3 Å². The molecule has 0 fully saturated rings. The molecule has 0 atom stereocenters. The van der Waals surface area contributed by atoms with Crippen LogP contribution in [0.4, 0.5) is 14.5 Å². The van der Waals surface area contributed by atoms with E-state index in [1.165, 1.54) is 45.6 Å². The van der Waals surface area contributed by atoms with Crippen LogP contribution in [-0.4, -0.2) is 30.9 Å². The smallest absolute Gasteiger partial charge is 0.288 e. The Morgan fingerprint density at radius 3 is 2.74 bits per heavy atom. The lowest BCUT2D eigenvalue weighted by molar-refractivity contribution is 0.102. The summed E-state index contributed by atoms with van der Waals surface area (Å²) in [6, 6.07) is 13.9. The van der Waals surface area contributed by atoms with E-state index in [2.05, 4.69) is 5.32 Å². The topological polar surface area (TPSA) is 66.5 Å². The van der Waals surface area contributed by atoms with Crippen molar-refractivity contribution in [1.82, 2.24) is 4.31 Å². The van der Waals surface area contributed by atoms with E-state index >= 15 is 0 Å². The van der Waals surface area contributed by atoms with E-state index in [0.29, 0.717) is 31.3 Å². The molecule has 1 aliphatic rings. The van der Waals surface area contributed by atoms with Gasteiger partial charge in [-0.1, -0.05) is 30.0 Å². The maximum absolute atomic E-state index is 13.1. The molecule has 1 aliphatic heterocycles. The van der Waals surface area contributed by atoms with E-state index in [9.17, 15) is 22.0 Å². The van der Waals surface area contributed by atoms with E-state index in [4.69, 9.17) is 0 Å². The molecule has 0 saturated carbocycles. The molecule has 0 bridgehead atoms. The maximum atomic E-state index is 13.1. The first-order valence-electron chi connectivity index (χ1n) is 9.35. The first kappa shape index (κ1) is 21.9. The number of amides is 1. The summed E-state index contributed by atoms with van der Waals surface area (Å²) < 4.78 is 53.2. The summed E-state index contributed by atoms with van der Waals surface area (Å²) in [4.78, 5) is 14.2. The Bertz CT molecular complexity index is 1210. The zero-order valence-corrected chi connectivity index (χ0v) is 18.6. The molecule has 1 amide bonds. The highest BCUT2D eigenvalue weighted by atomic mass is 32.2. The number of nitrogens with zero attached hydrogens (tertiary/aromatic N) is 1. The van der Waals surface area contributed by atoms with Crippen molar-refractivity contribution in [2.75, 3.05) is 11.9 Å². The lowest BCUT2D eigenvalue weighted by atomic mass is 10.1. The van der Waals surface area contributed by atoms with Crippen molar-refractivity contribution in [2.45, 2.75) is 28.5 Å². The van der Waals surface area contributed by atoms with E-state index < -0.39 is 21.7 Å². The number of halogens is 2.